The summed E-state index contributed by atoms with van der Waals surface area (Å²) in [7, 11) is 8.35. The van der Waals surface area contributed by atoms with Crippen LogP contribution in [0.1, 0.15) is 0 Å². The second-order valence-electron chi connectivity index (χ2n) is 4.42. The SMILES string of the molecule is CN(C)CCN(C)C.c1ccc2n[nH]nc2c1. The van der Waals surface area contributed by atoms with E-state index in [1.54, 1.807) is 0 Å². The van der Waals surface area contributed by atoms with Crippen molar-refractivity contribution in [3.8, 4) is 0 Å². The molecule has 17 heavy (non-hydrogen) atoms. The fourth-order valence-electron chi connectivity index (χ4n) is 1.19. The Kier molecular flexibility index (Phi) is 5.59. The van der Waals surface area contributed by atoms with Crippen LogP contribution in [-0.2, 0) is 0 Å². The Hall–Kier alpha value is -1.46. The lowest BCUT2D eigenvalue weighted by atomic mass is 10.3. The number of nitrogens with one attached hydrogen (secondary N) is 1. The highest BCUT2D eigenvalue weighted by Gasteiger charge is 1.91. The van der Waals surface area contributed by atoms with Crippen molar-refractivity contribution in [2.75, 3.05) is 41.3 Å². The summed E-state index contributed by atoms with van der Waals surface area (Å²) in [4.78, 5) is 4.36. The van der Waals surface area contributed by atoms with Gasteiger partial charge >= 0.3 is 0 Å². The van der Waals surface area contributed by atoms with Gasteiger partial charge in [-0.3, -0.25) is 0 Å². The third-order valence-electron chi connectivity index (χ3n) is 2.22. The van der Waals surface area contributed by atoms with Crippen LogP contribution in [0, 0.1) is 0 Å². The first kappa shape index (κ1) is 13.6. The van der Waals surface area contributed by atoms with Crippen molar-refractivity contribution in [3.63, 3.8) is 0 Å². The fourth-order valence-corrected chi connectivity index (χ4v) is 1.19. The van der Waals surface area contributed by atoms with E-state index in [2.05, 4.69) is 53.4 Å². The summed E-state index contributed by atoms with van der Waals surface area (Å²) in [5.74, 6) is 0. The minimum atomic E-state index is 0.914. The zero-order valence-corrected chi connectivity index (χ0v) is 11.0. The maximum Gasteiger partial charge on any atom is 0.112 e. The van der Waals surface area contributed by atoms with E-state index in [4.69, 9.17) is 0 Å². The Balaban J connectivity index is 0.000000172. The van der Waals surface area contributed by atoms with Gasteiger partial charge in [0.25, 0.3) is 0 Å². The molecule has 0 aliphatic rings. The molecule has 2 aromatic rings. The summed E-state index contributed by atoms with van der Waals surface area (Å²) in [6.07, 6.45) is 0. The molecule has 1 aromatic carbocycles. The Morgan fingerprint density at radius 1 is 0.882 bits per heavy atom. The van der Waals surface area contributed by atoms with Gasteiger partial charge in [-0.25, -0.2) is 0 Å². The van der Waals surface area contributed by atoms with Crippen LogP contribution in [0.4, 0.5) is 0 Å². The van der Waals surface area contributed by atoms with E-state index in [0.717, 1.165) is 24.1 Å². The molecule has 0 spiro atoms. The minimum absolute atomic E-state index is 0.914. The number of likely N-dealkylation sites (N-methyl/N-ethyl adjacent to an activating group) is 2. The Bertz CT molecular complexity index is 383. The topological polar surface area (TPSA) is 48.0 Å². The predicted molar refractivity (Wildman–Crippen MR) is 71.0 cm³/mol. The summed E-state index contributed by atoms with van der Waals surface area (Å²) in [6.45, 7) is 2.29. The molecule has 0 unspecified atom stereocenters. The van der Waals surface area contributed by atoms with Crippen LogP contribution in [-0.4, -0.2) is 66.5 Å². The Morgan fingerprint density at radius 3 is 1.65 bits per heavy atom. The molecule has 0 fully saturated rings. The van der Waals surface area contributed by atoms with Gasteiger partial charge < -0.3 is 9.80 Å². The van der Waals surface area contributed by atoms with Gasteiger partial charge in [0.15, 0.2) is 0 Å². The molecule has 1 aromatic heterocycles. The maximum absolute atomic E-state index is 3.88. The molecule has 0 saturated carbocycles. The van der Waals surface area contributed by atoms with Crippen LogP contribution in [0.5, 0.6) is 0 Å². The first-order valence-corrected chi connectivity index (χ1v) is 5.64. The number of fused-ring (bicyclic) bond motifs is 1. The number of H-pyrrole nitrogens is 1. The van der Waals surface area contributed by atoms with E-state index < -0.39 is 0 Å². The van der Waals surface area contributed by atoms with E-state index in [1.165, 1.54) is 0 Å². The van der Waals surface area contributed by atoms with Crippen LogP contribution in [0.2, 0.25) is 0 Å². The molecule has 94 valence electrons. The molecule has 5 nitrogen and oxygen atoms in total. The van der Waals surface area contributed by atoms with Crippen LogP contribution in [0.3, 0.4) is 0 Å². The molecule has 0 aliphatic heterocycles. The first-order valence-electron chi connectivity index (χ1n) is 5.64. The van der Waals surface area contributed by atoms with Crippen LogP contribution in [0.15, 0.2) is 24.3 Å². The van der Waals surface area contributed by atoms with E-state index in [-0.39, 0.29) is 0 Å². The molecule has 1 N–H and O–H groups in total. The molecule has 2 rings (SSSR count). The molecular weight excluding hydrogens is 214 g/mol. The fraction of sp³-hybridized carbons (Fsp3) is 0.500. The molecule has 0 radical (unpaired) electrons. The van der Waals surface area contributed by atoms with E-state index in [0.29, 0.717) is 0 Å². The van der Waals surface area contributed by atoms with Crippen LogP contribution in [0.25, 0.3) is 11.0 Å². The Morgan fingerprint density at radius 2 is 1.29 bits per heavy atom. The van der Waals surface area contributed by atoms with Gasteiger partial charge in [0.2, 0.25) is 0 Å². The second-order valence-corrected chi connectivity index (χ2v) is 4.42. The summed E-state index contributed by atoms with van der Waals surface area (Å²) in [5.41, 5.74) is 1.83. The molecule has 0 saturated heterocycles. The highest BCUT2D eigenvalue weighted by Crippen LogP contribution is 2.03. The van der Waals surface area contributed by atoms with Crippen molar-refractivity contribution in [2.24, 2.45) is 0 Å². The highest BCUT2D eigenvalue weighted by molar-refractivity contribution is 5.72. The number of rotatable bonds is 3. The number of nitrogens with zero attached hydrogens (tertiary/aromatic N) is 4. The Labute approximate surface area is 102 Å². The molecule has 5 heteroatoms. The van der Waals surface area contributed by atoms with Gasteiger partial charge in [-0.1, -0.05) is 12.1 Å². The lowest BCUT2D eigenvalue weighted by Gasteiger charge is -2.13. The van der Waals surface area contributed by atoms with Crippen molar-refractivity contribution < 1.29 is 0 Å². The zero-order valence-electron chi connectivity index (χ0n) is 11.0. The highest BCUT2D eigenvalue weighted by atomic mass is 15.3. The first-order chi connectivity index (χ1) is 8.09. The zero-order chi connectivity index (χ0) is 12.7. The van der Waals surface area contributed by atoms with Gasteiger partial charge in [-0.05, 0) is 40.3 Å². The smallest absolute Gasteiger partial charge is 0.112 e. The molecule has 0 amide bonds. The third kappa shape index (κ3) is 5.42. The number of hydrogen-bond acceptors (Lipinski definition) is 4. The van der Waals surface area contributed by atoms with Gasteiger partial charge in [0.05, 0.1) is 0 Å². The average Bonchev–Trinajstić information content (AvgIpc) is 2.75. The summed E-state index contributed by atoms with van der Waals surface area (Å²) < 4.78 is 0. The lowest BCUT2D eigenvalue weighted by Crippen LogP contribution is -2.25. The van der Waals surface area contributed by atoms with E-state index >= 15 is 0 Å². The number of para-hydroxylation sites is 2. The van der Waals surface area contributed by atoms with Crippen molar-refractivity contribution >= 4 is 11.0 Å². The van der Waals surface area contributed by atoms with Crippen molar-refractivity contribution in [3.05, 3.63) is 24.3 Å². The van der Waals surface area contributed by atoms with Crippen LogP contribution < -0.4 is 0 Å². The minimum Gasteiger partial charge on any atom is -0.308 e. The molecule has 0 aliphatic carbocycles. The van der Waals surface area contributed by atoms with Crippen LogP contribution >= 0.6 is 0 Å². The van der Waals surface area contributed by atoms with Crippen molar-refractivity contribution in [1.29, 1.82) is 0 Å². The normalized spacial score (nSPS) is 10.7. The van der Waals surface area contributed by atoms with E-state index in [1.807, 2.05) is 24.3 Å². The molecule has 0 atom stereocenters. The molecular formula is C12H21N5. The standard InChI is InChI=1S/C6H5N3.C6H16N2/c1-2-4-6-5(3-1)7-9-8-6;1-7(2)5-6-8(3)4/h1-4H,(H,7,8,9);5-6H2,1-4H3. The maximum atomic E-state index is 3.88. The lowest BCUT2D eigenvalue weighted by molar-refractivity contribution is 0.320. The quantitative estimate of drug-likeness (QED) is 0.864. The largest absolute Gasteiger partial charge is 0.308 e. The average molecular weight is 235 g/mol. The summed E-state index contributed by atoms with van der Waals surface area (Å²) in [5, 5.41) is 10.3. The van der Waals surface area contributed by atoms with Crippen molar-refractivity contribution in [2.45, 2.75) is 0 Å². The molecule has 1 heterocycles. The second kappa shape index (κ2) is 6.98. The van der Waals surface area contributed by atoms with Crippen molar-refractivity contribution in [1.82, 2.24) is 25.2 Å². The number of aromatic amines is 1. The monoisotopic (exact) mass is 235 g/mol. The van der Waals surface area contributed by atoms with Gasteiger partial charge in [-0.2, -0.15) is 15.4 Å². The van der Waals surface area contributed by atoms with Gasteiger partial charge in [0.1, 0.15) is 11.0 Å². The van der Waals surface area contributed by atoms with Gasteiger partial charge in [-0.15, -0.1) is 0 Å². The predicted octanol–water partition coefficient (Wildman–Crippen LogP) is 1.07. The van der Waals surface area contributed by atoms with Gasteiger partial charge in [0, 0.05) is 13.1 Å². The third-order valence-corrected chi connectivity index (χ3v) is 2.22. The summed E-state index contributed by atoms with van der Waals surface area (Å²) >= 11 is 0. The number of benzene rings is 1. The number of hydrogen-bond donors (Lipinski definition) is 1. The number of aromatic nitrogens is 3. The van der Waals surface area contributed by atoms with E-state index in [9.17, 15) is 0 Å². The summed E-state index contributed by atoms with van der Waals surface area (Å²) in [6, 6.07) is 7.70. The molecule has 0 bridgehead atoms.